The maximum absolute atomic E-state index is 14.2. The number of likely N-dealkylation sites (N-methyl/N-ethyl adjacent to an activating group) is 1. The van der Waals surface area contributed by atoms with Crippen molar-refractivity contribution in [3.05, 3.63) is 60.2 Å². The molecular formula is C51H82N4O12. The van der Waals surface area contributed by atoms with Crippen LogP contribution >= 0.6 is 0 Å². The second-order valence-corrected chi connectivity index (χ2v) is 19.1. The van der Waals surface area contributed by atoms with E-state index < -0.39 is 77.3 Å². The Kier molecular flexibility index (Phi) is 22.6. The molecule has 4 rings (SSSR count). The van der Waals surface area contributed by atoms with Gasteiger partial charge in [0.15, 0.2) is 12.1 Å². The third-order valence-corrected chi connectivity index (χ3v) is 13.4. The lowest BCUT2D eigenvalue weighted by molar-refractivity contribution is -0.295. The summed E-state index contributed by atoms with van der Waals surface area (Å²) in [6.45, 7) is 17.9. The number of esters is 1. The normalized spacial score (nSPS) is 33.1. The van der Waals surface area contributed by atoms with Gasteiger partial charge in [-0.2, -0.15) is 0 Å². The van der Waals surface area contributed by atoms with Crippen LogP contribution < -0.4 is 15.4 Å². The van der Waals surface area contributed by atoms with E-state index in [0.29, 0.717) is 38.4 Å². The lowest BCUT2D eigenvalue weighted by atomic mass is 9.74. The van der Waals surface area contributed by atoms with Crippen molar-refractivity contribution < 1.29 is 58.2 Å². The third-order valence-electron chi connectivity index (χ3n) is 13.4. The largest absolute Gasteiger partial charge is 0.459 e. The van der Waals surface area contributed by atoms with E-state index in [-0.39, 0.29) is 31.6 Å². The van der Waals surface area contributed by atoms with Crippen LogP contribution in [0, 0.1) is 23.7 Å². The molecule has 5 N–H and O–H groups in total. The first-order valence-electron chi connectivity index (χ1n) is 24.2. The van der Waals surface area contributed by atoms with E-state index in [2.05, 4.69) is 21.9 Å². The highest BCUT2D eigenvalue weighted by molar-refractivity contribution is 6.00. The number of hydrogen-bond acceptors (Lipinski definition) is 16. The summed E-state index contributed by atoms with van der Waals surface area (Å²) in [6.07, 6.45) is -3.38. The van der Waals surface area contributed by atoms with Gasteiger partial charge in [0.2, 0.25) is 0 Å². The number of methoxy groups -OCH3 is 1. The van der Waals surface area contributed by atoms with Crippen molar-refractivity contribution in [2.75, 3.05) is 60.7 Å². The number of carbonyl (C=O) groups is 2. The monoisotopic (exact) mass is 943 g/mol. The lowest BCUT2D eigenvalue weighted by Gasteiger charge is -2.47. The summed E-state index contributed by atoms with van der Waals surface area (Å²) in [4.78, 5) is 35.7. The molecular weight excluding hydrogens is 861 g/mol. The van der Waals surface area contributed by atoms with Gasteiger partial charge in [0.1, 0.15) is 41.8 Å². The number of ketones is 1. The smallest absolute Gasteiger partial charge is 0.316 e. The zero-order chi connectivity index (χ0) is 49.3. The number of para-hydroxylation sites is 1. The zero-order valence-corrected chi connectivity index (χ0v) is 41.9. The number of ether oxygens (including phenoxy) is 6. The predicted molar refractivity (Wildman–Crippen MR) is 257 cm³/mol. The molecule has 378 valence electrons. The van der Waals surface area contributed by atoms with Crippen LogP contribution in [0.3, 0.4) is 0 Å². The highest BCUT2D eigenvalue weighted by Crippen LogP contribution is 2.39. The van der Waals surface area contributed by atoms with Crippen molar-refractivity contribution >= 4 is 17.5 Å². The summed E-state index contributed by atoms with van der Waals surface area (Å²) in [5.41, 5.74) is -1.57. The van der Waals surface area contributed by atoms with Crippen LogP contribution in [-0.4, -0.2) is 152 Å². The molecule has 67 heavy (non-hydrogen) atoms. The SMILES string of the molecule is CC[C@H]1OC(=O)[C@H](C)C(=O)[C@H](C)[C@@H](O[C@@H]2O[C@H](C)C[C@H](N(C)C)[C@H]2O)[C@@](C)(OC)C[C@@H](C)/C(=N\OCCNCCCOCCCNCc2cccc(Oc3ccccc3)c2)[C@@H](C)[C@@H](O)[C@]1(C)O. The molecule has 0 bridgehead atoms. The Bertz CT molecular complexity index is 1820. The van der Waals surface area contributed by atoms with Gasteiger partial charge in [0.25, 0.3) is 0 Å². The molecule has 2 heterocycles. The Morgan fingerprint density at radius 3 is 2.21 bits per heavy atom. The number of nitrogens with zero attached hydrogens (tertiary/aromatic N) is 2. The first-order valence-corrected chi connectivity index (χ1v) is 24.2. The minimum absolute atomic E-state index is 0.170. The van der Waals surface area contributed by atoms with E-state index >= 15 is 0 Å². The molecule has 0 radical (unpaired) electrons. The van der Waals surface area contributed by atoms with E-state index in [0.717, 1.165) is 43.0 Å². The van der Waals surface area contributed by atoms with E-state index in [1.54, 1.807) is 20.8 Å². The number of benzene rings is 2. The Balaban J connectivity index is 1.35. The van der Waals surface area contributed by atoms with Gasteiger partial charge in [-0.25, -0.2) is 0 Å². The molecule has 2 aliphatic rings. The second-order valence-electron chi connectivity index (χ2n) is 19.1. The molecule has 0 aromatic heterocycles. The van der Waals surface area contributed by atoms with Crippen molar-refractivity contribution in [2.45, 2.75) is 148 Å². The van der Waals surface area contributed by atoms with Crippen LogP contribution in [-0.2, 0) is 44.7 Å². The second kappa shape index (κ2) is 27.0. The van der Waals surface area contributed by atoms with E-state index in [4.69, 9.17) is 33.3 Å². The standard InChI is InChI=1S/C51H82N4O12/c1-12-42-51(8,60)46(58)35(4)43(54-63-28-25-52-23-17-26-62-27-18-24-53-32-38-19-16-22-40(30-38)65-39-20-14-13-15-21-39)33(2)31-50(7,61-11)47(36(5)44(56)37(6)48(59)66-42)67-49-45(57)41(55(9)10)29-34(3)64-49/h13-16,19-22,30,33-37,41-42,45-47,49,52-53,57-58,60H,12,17-18,23-29,31-32H2,1-11H3/b54-43+/t33-,34-,35-,36+,37-,41+,42-,45-,46-,47-,49+,50+,51-/m1/s1. The van der Waals surface area contributed by atoms with Gasteiger partial charge < -0.3 is 64.1 Å². The van der Waals surface area contributed by atoms with Crippen molar-refractivity contribution in [1.29, 1.82) is 0 Å². The minimum atomic E-state index is -1.92. The van der Waals surface area contributed by atoms with Gasteiger partial charge >= 0.3 is 5.97 Å². The summed E-state index contributed by atoms with van der Waals surface area (Å²) in [6, 6.07) is 17.5. The van der Waals surface area contributed by atoms with E-state index in [1.807, 2.05) is 88.3 Å². The van der Waals surface area contributed by atoms with Gasteiger partial charge in [0.05, 0.1) is 29.6 Å². The van der Waals surface area contributed by atoms with Crippen LogP contribution in [0.25, 0.3) is 0 Å². The summed E-state index contributed by atoms with van der Waals surface area (Å²) >= 11 is 0. The summed E-state index contributed by atoms with van der Waals surface area (Å²) in [5, 5.41) is 46.6. The highest BCUT2D eigenvalue weighted by Gasteiger charge is 2.51. The summed E-state index contributed by atoms with van der Waals surface area (Å²) < 4.78 is 36.7. The lowest BCUT2D eigenvalue weighted by Crippen LogP contribution is -2.60. The molecule has 2 aliphatic heterocycles. The number of carbonyl (C=O) groups excluding carboxylic acids is 2. The molecule has 16 nitrogen and oxygen atoms in total. The number of nitrogens with one attached hydrogen (secondary N) is 2. The van der Waals surface area contributed by atoms with Crippen LogP contribution in [0.4, 0.5) is 0 Å². The fourth-order valence-corrected chi connectivity index (χ4v) is 9.26. The Morgan fingerprint density at radius 2 is 1.55 bits per heavy atom. The molecule has 13 atom stereocenters. The summed E-state index contributed by atoms with van der Waals surface area (Å²) in [5.74, 6) is -3.12. The number of aliphatic hydroxyl groups excluding tert-OH is 2. The number of hydrogen-bond donors (Lipinski definition) is 5. The molecule has 0 aliphatic carbocycles. The molecule has 2 fully saturated rings. The molecule has 0 saturated carbocycles. The minimum Gasteiger partial charge on any atom is -0.459 e. The topological polar surface area (TPSA) is 199 Å². The fourth-order valence-electron chi connectivity index (χ4n) is 9.26. The molecule has 2 aromatic carbocycles. The van der Waals surface area contributed by atoms with Crippen molar-refractivity contribution in [3.63, 3.8) is 0 Å². The highest BCUT2D eigenvalue weighted by atomic mass is 16.7. The third kappa shape index (κ3) is 16.0. The number of oxime groups is 1. The quantitative estimate of drug-likeness (QED) is 0.0455. The van der Waals surface area contributed by atoms with E-state index in [9.17, 15) is 24.9 Å². The number of Topliss-reactive ketones (excluding diaryl/α,β-unsaturated/α-hetero) is 1. The first-order chi connectivity index (χ1) is 31.8. The summed E-state index contributed by atoms with van der Waals surface area (Å²) in [7, 11) is 5.28. The average Bonchev–Trinajstić information content (AvgIpc) is 3.30. The Labute approximate surface area is 399 Å². The molecule has 2 aromatic rings. The van der Waals surface area contributed by atoms with Crippen LogP contribution in [0.5, 0.6) is 11.5 Å². The van der Waals surface area contributed by atoms with Crippen molar-refractivity contribution in [1.82, 2.24) is 15.5 Å². The van der Waals surface area contributed by atoms with Crippen LogP contribution in [0.1, 0.15) is 93.1 Å². The van der Waals surface area contributed by atoms with Gasteiger partial charge in [0, 0.05) is 57.2 Å². The van der Waals surface area contributed by atoms with Gasteiger partial charge in [-0.05, 0) is 117 Å². The zero-order valence-electron chi connectivity index (χ0n) is 41.9. The van der Waals surface area contributed by atoms with Crippen molar-refractivity contribution in [3.8, 4) is 11.5 Å². The van der Waals surface area contributed by atoms with Crippen LogP contribution in [0.2, 0.25) is 0 Å². The molecule has 0 unspecified atom stereocenters. The fraction of sp³-hybridized carbons (Fsp3) is 0.706. The maximum Gasteiger partial charge on any atom is 0.316 e. The maximum atomic E-state index is 14.2. The molecule has 2 saturated heterocycles. The van der Waals surface area contributed by atoms with Crippen LogP contribution in [0.15, 0.2) is 59.8 Å². The molecule has 0 spiro atoms. The number of aliphatic hydroxyl groups is 3. The predicted octanol–water partition coefficient (Wildman–Crippen LogP) is 5.49. The Hall–Kier alpha value is -3.55. The molecule has 0 amide bonds. The molecule has 16 heteroatoms. The van der Waals surface area contributed by atoms with E-state index in [1.165, 1.54) is 21.0 Å². The first kappa shape index (κ1) is 56.0. The van der Waals surface area contributed by atoms with Gasteiger partial charge in [-0.3, -0.25) is 9.59 Å². The number of rotatable bonds is 21. The number of cyclic esters (lactones) is 1. The van der Waals surface area contributed by atoms with Gasteiger partial charge in [-0.1, -0.05) is 63.2 Å². The van der Waals surface area contributed by atoms with Crippen molar-refractivity contribution in [2.24, 2.45) is 28.8 Å². The van der Waals surface area contributed by atoms with Gasteiger partial charge in [-0.15, -0.1) is 0 Å². The Morgan fingerprint density at radius 1 is 0.881 bits per heavy atom. The average molecular weight is 943 g/mol.